The molecule has 1 heterocycles. The number of hydrogen-bond acceptors (Lipinski definition) is 5. The van der Waals surface area contributed by atoms with Gasteiger partial charge in [0.05, 0.1) is 6.26 Å². The van der Waals surface area contributed by atoms with Gasteiger partial charge in [-0.3, -0.25) is 0 Å². The van der Waals surface area contributed by atoms with Gasteiger partial charge in [-0.15, -0.1) is 0 Å². The fourth-order valence-electron chi connectivity index (χ4n) is 0.993. The Balaban J connectivity index is 2.21. The molecule has 0 aliphatic carbocycles. The van der Waals surface area contributed by atoms with Crippen LogP contribution in [0.5, 0.6) is 0 Å². The Labute approximate surface area is 93.4 Å². The molecule has 0 fully saturated rings. The number of hydrogen-bond donors (Lipinski definition) is 2. The summed E-state index contributed by atoms with van der Waals surface area (Å²) in [5.41, 5.74) is 0. The molecule has 0 bridgehead atoms. The van der Waals surface area contributed by atoms with E-state index in [0.29, 0.717) is 25.3 Å². The number of aromatic nitrogens is 2. The van der Waals surface area contributed by atoms with Gasteiger partial charge in [-0.05, 0) is 6.42 Å². The van der Waals surface area contributed by atoms with Crippen molar-refractivity contribution in [1.29, 1.82) is 0 Å². The molecule has 0 saturated carbocycles. The van der Waals surface area contributed by atoms with Gasteiger partial charge >= 0.3 is 0 Å². The van der Waals surface area contributed by atoms with E-state index in [9.17, 15) is 12.8 Å². The molecular weight excluding hydrogens is 235 g/mol. The maximum absolute atomic E-state index is 12.6. The lowest BCUT2D eigenvalue weighted by Crippen LogP contribution is -2.24. The van der Waals surface area contributed by atoms with E-state index in [-0.39, 0.29) is 0 Å². The van der Waals surface area contributed by atoms with E-state index in [1.54, 1.807) is 0 Å². The predicted molar refractivity (Wildman–Crippen MR) is 57.9 cm³/mol. The molecule has 8 heteroatoms. The molecule has 0 aliphatic heterocycles. The quantitative estimate of drug-likeness (QED) is 0.545. The molecule has 0 saturated heterocycles. The fourth-order valence-corrected chi connectivity index (χ4v) is 1.51. The summed E-state index contributed by atoms with van der Waals surface area (Å²) in [6.45, 7) is 0.832. The van der Waals surface area contributed by atoms with Crippen molar-refractivity contribution < 1.29 is 12.8 Å². The Bertz CT molecular complexity index is 437. The standard InChI is InChI=1S/C8H13FN4O2S/c1-16(14,15)13-4-2-3-10-8-5-7(9)11-6-12-8/h5-6,13H,2-4H2,1H3,(H,10,11,12). The highest BCUT2D eigenvalue weighted by atomic mass is 32.2. The van der Waals surface area contributed by atoms with Gasteiger partial charge < -0.3 is 5.32 Å². The van der Waals surface area contributed by atoms with Gasteiger partial charge in [0, 0.05) is 19.2 Å². The highest BCUT2D eigenvalue weighted by Crippen LogP contribution is 2.01. The predicted octanol–water partition coefficient (Wildman–Crippen LogP) is -0.0331. The SMILES string of the molecule is CS(=O)(=O)NCCCNc1cc(F)ncn1. The Morgan fingerprint density at radius 2 is 2.12 bits per heavy atom. The number of rotatable bonds is 6. The van der Waals surface area contributed by atoms with Crippen LogP contribution in [0.3, 0.4) is 0 Å². The van der Waals surface area contributed by atoms with Crippen LogP contribution in [-0.4, -0.2) is 37.7 Å². The second kappa shape index (κ2) is 5.71. The largest absolute Gasteiger partial charge is 0.370 e. The van der Waals surface area contributed by atoms with Crippen molar-refractivity contribution in [3.8, 4) is 0 Å². The third kappa shape index (κ3) is 5.56. The van der Waals surface area contributed by atoms with Gasteiger partial charge in [0.25, 0.3) is 0 Å². The van der Waals surface area contributed by atoms with Crippen LogP contribution in [0, 0.1) is 5.95 Å². The van der Waals surface area contributed by atoms with Crippen LogP contribution in [0.1, 0.15) is 6.42 Å². The van der Waals surface area contributed by atoms with E-state index in [0.717, 1.165) is 12.6 Å². The molecule has 0 radical (unpaired) electrons. The smallest absolute Gasteiger partial charge is 0.217 e. The lowest BCUT2D eigenvalue weighted by atomic mass is 10.4. The number of halogens is 1. The maximum atomic E-state index is 12.6. The number of nitrogens with one attached hydrogen (secondary N) is 2. The Hall–Kier alpha value is -1.28. The van der Waals surface area contributed by atoms with Crippen LogP contribution < -0.4 is 10.0 Å². The van der Waals surface area contributed by atoms with Gasteiger partial charge in [0.1, 0.15) is 12.1 Å². The van der Waals surface area contributed by atoms with Gasteiger partial charge in [-0.2, -0.15) is 4.39 Å². The first-order chi connectivity index (χ1) is 7.47. The zero-order valence-corrected chi connectivity index (χ0v) is 9.59. The fraction of sp³-hybridized carbons (Fsp3) is 0.500. The van der Waals surface area contributed by atoms with E-state index in [1.807, 2.05) is 0 Å². The first-order valence-electron chi connectivity index (χ1n) is 4.63. The van der Waals surface area contributed by atoms with E-state index in [2.05, 4.69) is 20.0 Å². The Kier molecular flexibility index (Phi) is 4.56. The van der Waals surface area contributed by atoms with Crippen molar-refractivity contribution in [2.75, 3.05) is 24.7 Å². The zero-order valence-electron chi connectivity index (χ0n) is 8.77. The van der Waals surface area contributed by atoms with Crippen molar-refractivity contribution in [1.82, 2.24) is 14.7 Å². The van der Waals surface area contributed by atoms with E-state index in [4.69, 9.17) is 0 Å². The highest BCUT2D eigenvalue weighted by molar-refractivity contribution is 7.88. The lowest BCUT2D eigenvalue weighted by molar-refractivity contribution is 0.580. The summed E-state index contributed by atoms with van der Waals surface area (Å²) in [4.78, 5) is 7.09. The van der Waals surface area contributed by atoms with Crippen molar-refractivity contribution in [3.05, 3.63) is 18.3 Å². The molecule has 2 N–H and O–H groups in total. The van der Waals surface area contributed by atoms with E-state index < -0.39 is 16.0 Å². The molecule has 90 valence electrons. The second-order valence-electron chi connectivity index (χ2n) is 3.17. The molecule has 0 amide bonds. The van der Waals surface area contributed by atoms with Crippen molar-refractivity contribution in [2.45, 2.75) is 6.42 Å². The minimum atomic E-state index is -3.14. The summed E-state index contributed by atoms with van der Waals surface area (Å²) in [5, 5.41) is 2.85. The molecule has 1 aromatic heterocycles. The van der Waals surface area contributed by atoms with E-state index >= 15 is 0 Å². The topological polar surface area (TPSA) is 84.0 Å². The average Bonchev–Trinajstić information content (AvgIpc) is 2.15. The summed E-state index contributed by atoms with van der Waals surface area (Å²) in [6.07, 6.45) is 2.80. The number of sulfonamides is 1. The highest BCUT2D eigenvalue weighted by Gasteiger charge is 1.99. The monoisotopic (exact) mass is 248 g/mol. The van der Waals surface area contributed by atoms with Crippen LogP contribution in [0.25, 0.3) is 0 Å². The second-order valence-corrected chi connectivity index (χ2v) is 5.01. The number of nitrogens with zero attached hydrogens (tertiary/aromatic N) is 2. The molecule has 6 nitrogen and oxygen atoms in total. The minimum absolute atomic E-state index is 0.333. The molecule has 1 rings (SSSR count). The molecule has 0 spiro atoms. The van der Waals surface area contributed by atoms with Gasteiger partial charge in [-0.25, -0.2) is 23.1 Å². The van der Waals surface area contributed by atoms with Gasteiger partial charge in [-0.1, -0.05) is 0 Å². The maximum Gasteiger partial charge on any atom is 0.217 e. The molecule has 0 unspecified atom stereocenters. The van der Waals surface area contributed by atoms with Gasteiger partial charge in [0.15, 0.2) is 0 Å². The summed E-state index contributed by atoms with van der Waals surface area (Å²) < 4.78 is 36.4. The average molecular weight is 248 g/mol. The van der Waals surface area contributed by atoms with Gasteiger partial charge in [0.2, 0.25) is 16.0 Å². The zero-order chi connectivity index (χ0) is 12.0. The summed E-state index contributed by atoms with van der Waals surface area (Å²) >= 11 is 0. The molecule has 16 heavy (non-hydrogen) atoms. The molecule has 1 aromatic rings. The normalized spacial score (nSPS) is 11.4. The first kappa shape index (κ1) is 12.8. The van der Waals surface area contributed by atoms with Crippen molar-refractivity contribution in [2.24, 2.45) is 0 Å². The van der Waals surface area contributed by atoms with Crippen molar-refractivity contribution >= 4 is 15.8 Å². The third-order valence-corrected chi connectivity index (χ3v) is 2.39. The summed E-state index contributed by atoms with van der Waals surface area (Å²) in [7, 11) is -3.14. The molecule has 0 atom stereocenters. The van der Waals surface area contributed by atoms with E-state index in [1.165, 1.54) is 6.07 Å². The molecular formula is C8H13FN4O2S. The van der Waals surface area contributed by atoms with Crippen LogP contribution in [0.4, 0.5) is 10.2 Å². The van der Waals surface area contributed by atoms with Crippen LogP contribution in [0.15, 0.2) is 12.4 Å². The summed E-state index contributed by atoms with van der Waals surface area (Å²) in [5.74, 6) is -0.224. The van der Waals surface area contributed by atoms with Crippen LogP contribution in [-0.2, 0) is 10.0 Å². The van der Waals surface area contributed by atoms with Crippen LogP contribution >= 0.6 is 0 Å². The van der Waals surface area contributed by atoms with Crippen molar-refractivity contribution in [3.63, 3.8) is 0 Å². The molecule has 0 aliphatic rings. The Morgan fingerprint density at radius 3 is 2.75 bits per heavy atom. The molecule has 0 aromatic carbocycles. The first-order valence-corrected chi connectivity index (χ1v) is 6.52. The lowest BCUT2D eigenvalue weighted by Gasteiger charge is -2.05. The third-order valence-electron chi connectivity index (χ3n) is 1.66. The van der Waals surface area contributed by atoms with Crippen LogP contribution in [0.2, 0.25) is 0 Å². The minimum Gasteiger partial charge on any atom is -0.370 e. The summed E-state index contributed by atoms with van der Waals surface area (Å²) in [6, 6.07) is 1.17. The Morgan fingerprint density at radius 1 is 1.38 bits per heavy atom. The number of anilines is 1.